The van der Waals surface area contributed by atoms with Gasteiger partial charge >= 0.3 is 0 Å². The van der Waals surface area contributed by atoms with Crippen LogP contribution in [0.15, 0.2) is 17.5 Å². The van der Waals surface area contributed by atoms with Gasteiger partial charge in [0.1, 0.15) is 5.15 Å². The van der Waals surface area contributed by atoms with Crippen molar-refractivity contribution in [3.8, 4) is 0 Å². The van der Waals surface area contributed by atoms with E-state index >= 15 is 0 Å². The van der Waals surface area contributed by atoms with E-state index in [4.69, 9.17) is 11.6 Å². The maximum Gasteiger partial charge on any atom is 0.130 e. The summed E-state index contributed by atoms with van der Waals surface area (Å²) < 4.78 is 1.23. The second-order valence-corrected chi connectivity index (χ2v) is 3.70. The van der Waals surface area contributed by atoms with Gasteiger partial charge in [0.25, 0.3) is 0 Å². The quantitative estimate of drug-likeness (QED) is 0.572. The van der Waals surface area contributed by atoms with Crippen molar-refractivity contribution in [2.24, 2.45) is 0 Å². The van der Waals surface area contributed by atoms with Crippen LogP contribution in [-0.2, 0) is 0 Å². The van der Waals surface area contributed by atoms with Gasteiger partial charge < -0.3 is 0 Å². The average Bonchev–Trinajstić information content (AvgIpc) is 2.34. The number of rotatable bonds is 0. The average molecular weight is 184 g/mol. The minimum atomic E-state index is 0.577. The zero-order valence-corrected chi connectivity index (χ0v) is 7.54. The standard InChI is InChI=1S/C8H6ClNS/c1-5-4-7(9)10-6-2-3-11-8(5)6/h2-4H,1H3. The summed E-state index contributed by atoms with van der Waals surface area (Å²) in [6.45, 7) is 2.05. The van der Waals surface area contributed by atoms with Gasteiger partial charge in [-0.3, -0.25) is 0 Å². The molecule has 0 unspecified atom stereocenters. The first kappa shape index (κ1) is 7.07. The first-order chi connectivity index (χ1) is 5.27. The van der Waals surface area contributed by atoms with Crippen LogP contribution < -0.4 is 0 Å². The van der Waals surface area contributed by atoms with E-state index < -0.39 is 0 Å². The molecule has 3 heteroatoms. The molecule has 1 nitrogen and oxygen atoms in total. The second-order valence-electron chi connectivity index (χ2n) is 2.40. The Morgan fingerprint density at radius 2 is 2.36 bits per heavy atom. The molecule has 0 amide bonds. The molecule has 2 aromatic heterocycles. The van der Waals surface area contributed by atoms with Crippen LogP contribution in [0.2, 0.25) is 5.15 Å². The first-order valence-corrected chi connectivity index (χ1v) is 4.53. The molecule has 0 radical (unpaired) electrons. The molecule has 0 saturated heterocycles. The molecule has 0 atom stereocenters. The van der Waals surface area contributed by atoms with Crippen LogP contribution in [0.5, 0.6) is 0 Å². The highest BCUT2D eigenvalue weighted by Crippen LogP contribution is 2.24. The highest BCUT2D eigenvalue weighted by Gasteiger charge is 2.00. The predicted molar refractivity (Wildman–Crippen MR) is 49.4 cm³/mol. The zero-order chi connectivity index (χ0) is 7.84. The van der Waals surface area contributed by atoms with E-state index in [0.717, 1.165) is 5.52 Å². The van der Waals surface area contributed by atoms with Crippen LogP contribution in [-0.4, -0.2) is 4.98 Å². The molecule has 0 aliphatic rings. The minimum absolute atomic E-state index is 0.577. The molecule has 2 heterocycles. The largest absolute Gasteiger partial charge is 0.235 e. The molecule has 0 bridgehead atoms. The lowest BCUT2D eigenvalue weighted by Crippen LogP contribution is -1.77. The summed E-state index contributed by atoms with van der Waals surface area (Å²) in [5.74, 6) is 0. The van der Waals surface area contributed by atoms with Gasteiger partial charge in [-0.25, -0.2) is 4.98 Å². The van der Waals surface area contributed by atoms with Crippen LogP contribution in [0.25, 0.3) is 10.2 Å². The Hall–Kier alpha value is -0.600. The van der Waals surface area contributed by atoms with Crippen molar-refractivity contribution >= 4 is 33.2 Å². The van der Waals surface area contributed by atoms with Gasteiger partial charge in [0.05, 0.1) is 10.2 Å². The Morgan fingerprint density at radius 3 is 3.18 bits per heavy atom. The highest BCUT2D eigenvalue weighted by molar-refractivity contribution is 7.17. The molecule has 0 fully saturated rings. The monoisotopic (exact) mass is 183 g/mol. The number of aromatic nitrogens is 1. The van der Waals surface area contributed by atoms with E-state index in [9.17, 15) is 0 Å². The van der Waals surface area contributed by atoms with Crippen molar-refractivity contribution in [2.75, 3.05) is 0 Å². The number of thiophene rings is 1. The van der Waals surface area contributed by atoms with Gasteiger partial charge in [0.2, 0.25) is 0 Å². The molecule has 0 aliphatic carbocycles. The molecule has 0 spiro atoms. The molecular weight excluding hydrogens is 178 g/mol. The lowest BCUT2D eigenvalue weighted by Gasteiger charge is -1.94. The fourth-order valence-corrected chi connectivity index (χ4v) is 2.14. The van der Waals surface area contributed by atoms with Crippen molar-refractivity contribution in [1.82, 2.24) is 4.98 Å². The summed E-state index contributed by atoms with van der Waals surface area (Å²) in [7, 11) is 0. The summed E-state index contributed by atoms with van der Waals surface area (Å²) >= 11 is 7.48. The summed E-state index contributed by atoms with van der Waals surface area (Å²) in [6, 6.07) is 3.87. The van der Waals surface area contributed by atoms with E-state index in [1.807, 2.05) is 24.4 Å². The van der Waals surface area contributed by atoms with Crippen molar-refractivity contribution < 1.29 is 0 Å². The van der Waals surface area contributed by atoms with E-state index in [1.165, 1.54) is 10.3 Å². The predicted octanol–water partition coefficient (Wildman–Crippen LogP) is 3.26. The Balaban J connectivity index is 2.91. The lowest BCUT2D eigenvalue weighted by molar-refractivity contribution is 1.39. The van der Waals surface area contributed by atoms with Crippen LogP contribution in [0.3, 0.4) is 0 Å². The van der Waals surface area contributed by atoms with Crippen LogP contribution in [0.1, 0.15) is 5.56 Å². The maximum absolute atomic E-state index is 5.77. The van der Waals surface area contributed by atoms with Crippen molar-refractivity contribution in [3.63, 3.8) is 0 Å². The number of hydrogen-bond donors (Lipinski definition) is 0. The third-order valence-electron chi connectivity index (χ3n) is 1.57. The molecular formula is C8H6ClNS. The molecule has 2 rings (SSSR count). The normalized spacial score (nSPS) is 10.7. The zero-order valence-electron chi connectivity index (χ0n) is 5.97. The Kier molecular flexibility index (Phi) is 1.59. The summed E-state index contributed by atoms with van der Waals surface area (Å²) in [4.78, 5) is 4.17. The molecule has 0 aromatic carbocycles. The Labute approximate surface area is 73.6 Å². The number of pyridine rings is 1. The third-order valence-corrected chi connectivity index (χ3v) is 2.80. The number of aryl methyl sites for hydroxylation is 1. The fourth-order valence-electron chi connectivity index (χ4n) is 1.08. The topological polar surface area (TPSA) is 12.9 Å². The van der Waals surface area contributed by atoms with E-state index in [-0.39, 0.29) is 0 Å². The molecule has 2 aromatic rings. The molecule has 0 N–H and O–H groups in total. The third kappa shape index (κ3) is 1.12. The van der Waals surface area contributed by atoms with E-state index in [2.05, 4.69) is 4.98 Å². The molecule has 0 saturated carbocycles. The second kappa shape index (κ2) is 2.47. The van der Waals surface area contributed by atoms with Gasteiger partial charge in [-0.05, 0) is 30.0 Å². The summed E-state index contributed by atoms with van der Waals surface area (Å²) in [6.07, 6.45) is 0. The van der Waals surface area contributed by atoms with Crippen molar-refractivity contribution in [2.45, 2.75) is 6.92 Å². The van der Waals surface area contributed by atoms with Crippen molar-refractivity contribution in [3.05, 3.63) is 28.2 Å². The number of fused-ring (bicyclic) bond motifs is 1. The van der Waals surface area contributed by atoms with Crippen LogP contribution >= 0.6 is 22.9 Å². The smallest absolute Gasteiger partial charge is 0.130 e. The Bertz CT molecular complexity index is 394. The number of nitrogens with zero attached hydrogens (tertiary/aromatic N) is 1. The summed E-state index contributed by atoms with van der Waals surface area (Å²) in [5, 5.41) is 2.61. The van der Waals surface area contributed by atoms with E-state index in [0.29, 0.717) is 5.15 Å². The van der Waals surface area contributed by atoms with E-state index in [1.54, 1.807) is 11.3 Å². The number of halogens is 1. The van der Waals surface area contributed by atoms with Gasteiger partial charge in [-0.15, -0.1) is 11.3 Å². The molecule has 0 aliphatic heterocycles. The summed E-state index contributed by atoms with van der Waals surface area (Å²) in [5.41, 5.74) is 2.20. The van der Waals surface area contributed by atoms with Crippen molar-refractivity contribution in [1.29, 1.82) is 0 Å². The van der Waals surface area contributed by atoms with Crippen LogP contribution in [0.4, 0.5) is 0 Å². The highest BCUT2D eigenvalue weighted by atomic mass is 35.5. The molecule has 56 valence electrons. The lowest BCUT2D eigenvalue weighted by atomic mass is 10.3. The first-order valence-electron chi connectivity index (χ1n) is 3.28. The SMILES string of the molecule is Cc1cc(Cl)nc2ccsc12. The minimum Gasteiger partial charge on any atom is -0.235 e. The van der Waals surface area contributed by atoms with Gasteiger partial charge in [0.15, 0.2) is 0 Å². The molecule has 11 heavy (non-hydrogen) atoms. The van der Waals surface area contributed by atoms with Crippen LogP contribution in [0, 0.1) is 6.92 Å². The number of hydrogen-bond acceptors (Lipinski definition) is 2. The fraction of sp³-hybridized carbons (Fsp3) is 0.125. The van der Waals surface area contributed by atoms with Gasteiger partial charge in [0, 0.05) is 0 Å². The Morgan fingerprint density at radius 1 is 1.55 bits per heavy atom. The maximum atomic E-state index is 5.77. The van der Waals surface area contributed by atoms with Gasteiger partial charge in [-0.1, -0.05) is 11.6 Å². The van der Waals surface area contributed by atoms with Gasteiger partial charge in [-0.2, -0.15) is 0 Å².